The molecule has 0 aliphatic rings. The van der Waals surface area contributed by atoms with Gasteiger partial charge in [-0.3, -0.25) is 9.78 Å². The second-order valence-electron chi connectivity index (χ2n) is 9.75. The second-order valence-corrected chi connectivity index (χ2v) is 10.6. The molecule has 2 aromatic carbocycles. The number of nitrogens with one attached hydrogen (secondary N) is 2. The molecule has 0 fully saturated rings. The molecule has 2 N–H and O–H groups in total. The number of anilines is 3. The summed E-state index contributed by atoms with van der Waals surface area (Å²) >= 11 is 1.50. The van der Waals surface area contributed by atoms with Crippen molar-refractivity contribution >= 4 is 33.8 Å². The summed E-state index contributed by atoms with van der Waals surface area (Å²) in [7, 11) is 0. The Kier molecular flexibility index (Phi) is 6.54. The Bertz CT molecular complexity index is 1540. The van der Waals surface area contributed by atoms with Crippen LogP contribution in [-0.2, 0) is 5.41 Å². The Morgan fingerprint density at radius 3 is 2.65 bits per heavy atom. The van der Waals surface area contributed by atoms with E-state index in [1.165, 1.54) is 17.7 Å². The fourth-order valence-corrected chi connectivity index (χ4v) is 4.52. The van der Waals surface area contributed by atoms with Gasteiger partial charge in [-0.15, -0.1) is 11.3 Å². The molecule has 0 atom stereocenters. The third-order valence-corrected chi connectivity index (χ3v) is 6.69. The maximum absolute atomic E-state index is 13.3. The zero-order valence-corrected chi connectivity index (χ0v) is 21.9. The molecule has 37 heavy (non-hydrogen) atoms. The first kappa shape index (κ1) is 24.3. The third kappa shape index (κ3) is 5.57. The molecule has 1 amide bonds. The van der Waals surface area contributed by atoms with E-state index in [1.807, 2.05) is 54.8 Å². The number of thiazole rings is 1. The van der Waals surface area contributed by atoms with Crippen LogP contribution in [0.25, 0.3) is 16.9 Å². The standard InChI is InChI=1S/C28H27N7OS/c1-18-7-8-19(10-24(18)33-27-34-25(15-37-27)20-6-5-9-29-14-20)26(36)32-22-11-21(28(2,3)4)12-23(13-22)35-17-30-16-31-35/h5-17H,1-4H3,(H,32,36)(H,33,34). The normalized spacial score (nSPS) is 11.4. The molecule has 9 heteroatoms. The van der Waals surface area contributed by atoms with Gasteiger partial charge < -0.3 is 10.6 Å². The summed E-state index contributed by atoms with van der Waals surface area (Å²) in [6.07, 6.45) is 6.66. The Labute approximate surface area is 219 Å². The van der Waals surface area contributed by atoms with E-state index in [0.717, 1.165) is 38.9 Å². The Morgan fingerprint density at radius 2 is 1.92 bits per heavy atom. The van der Waals surface area contributed by atoms with Crippen molar-refractivity contribution in [3.63, 3.8) is 0 Å². The zero-order valence-electron chi connectivity index (χ0n) is 21.1. The maximum Gasteiger partial charge on any atom is 0.255 e. The first-order chi connectivity index (χ1) is 17.8. The van der Waals surface area contributed by atoms with Crippen LogP contribution in [0, 0.1) is 6.92 Å². The lowest BCUT2D eigenvalue weighted by atomic mass is 9.86. The van der Waals surface area contributed by atoms with Crippen LogP contribution in [0.1, 0.15) is 42.3 Å². The number of rotatable bonds is 6. The minimum atomic E-state index is -0.200. The third-order valence-electron chi connectivity index (χ3n) is 5.93. The monoisotopic (exact) mass is 509 g/mol. The summed E-state index contributed by atoms with van der Waals surface area (Å²) < 4.78 is 1.69. The molecule has 0 aliphatic carbocycles. The highest BCUT2D eigenvalue weighted by Gasteiger charge is 2.18. The number of amides is 1. The van der Waals surface area contributed by atoms with Crippen LogP contribution in [0.2, 0.25) is 0 Å². The molecular formula is C28H27N7OS. The number of nitrogens with zero attached hydrogens (tertiary/aromatic N) is 5. The first-order valence-corrected chi connectivity index (χ1v) is 12.7. The molecule has 8 nitrogen and oxygen atoms in total. The maximum atomic E-state index is 13.3. The second kappa shape index (κ2) is 9.94. The molecule has 0 aliphatic heterocycles. The number of carbonyl (C=O) groups is 1. The number of pyridine rings is 1. The quantitative estimate of drug-likeness (QED) is 0.275. The number of aryl methyl sites for hydroxylation is 1. The van der Waals surface area contributed by atoms with Gasteiger partial charge in [0.15, 0.2) is 5.13 Å². The lowest BCUT2D eigenvalue weighted by Crippen LogP contribution is -2.16. The van der Waals surface area contributed by atoms with Crippen molar-refractivity contribution in [2.24, 2.45) is 0 Å². The molecule has 0 saturated carbocycles. The van der Waals surface area contributed by atoms with Gasteiger partial charge >= 0.3 is 0 Å². The van der Waals surface area contributed by atoms with Gasteiger partial charge in [0.1, 0.15) is 12.7 Å². The Hall–Kier alpha value is -4.37. The minimum absolute atomic E-state index is 0.112. The zero-order chi connectivity index (χ0) is 26.0. The summed E-state index contributed by atoms with van der Waals surface area (Å²) in [5.74, 6) is -0.200. The van der Waals surface area contributed by atoms with E-state index in [-0.39, 0.29) is 11.3 Å². The van der Waals surface area contributed by atoms with E-state index in [0.29, 0.717) is 11.3 Å². The highest BCUT2D eigenvalue weighted by molar-refractivity contribution is 7.14. The van der Waals surface area contributed by atoms with Crippen LogP contribution >= 0.6 is 11.3 Å². The van der Waals surface area contributed by atoms with Crippen molar-refractivity contribution in [2.75, 3.05) is 10.6 Å². The van der Waals surface area contributed by atoms with Gasteiger partial charge in [0.2, 0.25) is 0 Å². The van der Waals surface area contributed by atoms with E-state index in [1.54, 1.807) is 23.4 Å². The van der Waals surface area contributed by atoms with Crippen molar-refractivity contribution in [1.29, 1.82) is 0 Å². The molecule has 0 radical (unpaired) electrons. The Balaban J connectivity index is 1.38. The van der Waals surface area contributed by atoms with Gasteiger partial charge in [-0.1, -0.05) is 26.8 Å². The molecule has 3 aromatic heterocycles. The number of aromatic nitrogens is 5. The highest BCUT2D eigenvalue weighted by Crippen LogP contribution is 2.30. The molecule has 3 heterocycles. The molecular weight excluding hydrogens is 482 g/mol. The van der Waals surface area contributed by atoms with Gasteiger partial charge in [0.25, 0.3) is 5.91 Å². The Morgan fingerprint density at radius 1 is 1.05 bits per heavy atom. The number of hydrogen-bond acceptors (Lipinski definition) is 7. The molecule has 186 valence electrons. The van der Waals surface area contributed by atoms with Crippen LogP contribution in [0.15, 0.2) is 79.0 Å². The predicted molar refractivity (Wildman–Crippen MR) is 148 cm³/mol. The van der Waals surface area contributed by atoms with E-state index >= 15 is 0 Å². The minimum Gasteiger partial charge on any atom is -0.331 e. The summed E-state index contributed by atoms with van der Waals surface area (Å²) in [5.41, 5.74) is 6.69. The fourth-order valence-electron chi connectivity index (χ4n) is 3.78. The lowest BCUT2D eigenvalue weighted by Gasteiger charge is -2.21. The molecule has 0 unspecified atom stereocenters. The summed E-state index contributed by atoms with van der Waals surface area (Å²) in [6, 6.07) is 15.4. The van der Waals surface area contributed by atoms with Crippen LogP contribution in [0.3, 0.4) is 0 Å². The largest absolute Gasteiger partial charge is 0.331 e. The number of hydrogen-bond donors (Lipinski definition) is 2. The van der Waals surface area contributed by atoms with Crippen LogP contribution in [-0.4, -0.2) is 30.6 Å². The molecule has 0 spiro atoms. The number of carbonyl (C=O) groups excluding carboxylic acids is 1. The van der Waals surface area contributed by atoms with E-state index < -0.39 is 0 Å². The SMILES string of the molecule is Cc1ccc(C(=O)Nc2cc(-n3cncn3)cc(C(C)(C)C)c2)cc1Nc1nc(-c2cccnc2)cs1. The van der Waals surface area contributed by atoms with Crippen molar-refractivity contribution < 1.29 is 4.79 Å². The van der Waals surface area contributed by atoms with Crippen molar-refractivity contribution in [2.45, 2.75) is 33.1 Å². The summed E-state index contributed by atoms with van der Waals surface area (Å²) in [5, 5.41) is 13.4. The van der Waals surface area contributed by atoms with Crippen molar-refractivity contribution in [3.05, 3.63) is 95.6 Å². The molecule has 0 saturated heterocycles. The van der Waals surface area contributed by atoms with Gasteiger partial charge in [-0.2, -0.15) is 5.10 Å². The molecule has 5 aromatic rings. The van der Waals surface area contributed by atoms with Crippen molar-refractivity contribution in [3.8, 4) is 16.9 Å². The number of benzene rings is 2. The summed E-state index contributed by atoms with van der Waals surface area (Å²) in [6.45, 7) is 8.40. The summed E-state index contributed by atoms with van der Waals surface area (Å²) in [4.78, 5) is 26.2. The van der Waals surface area contributed by atoms with Crippen LogP contribution in [0.4, 0.5) is 16.5 Å². The van der Waals surface area contributed by atoms with Gasteiger partial charge in [-0.05, 0) is 65.9 Å². The van der Waals surface area contributed by atoms with Crippen LogP contribution in [0.5, 0.6) is 0 Å². The average Bonchev–Trinajstić information content (AvgIpc) is 3.58. The predicted octanol–water partition coefficient (Wildman–Crippen LogP) is 6.39. The fraction of sp³-hybridized carbons (Fsp3) is 0.179. The van der Waals surface area contributed by atoms with Gasteiger partial charge in [-0.25, -0.2) is 14.6 Å². The van der Waals surface area contributed by atoms with Gasteiger partial charge in [0.05, 0.1) is 11.4 Å². The first-order valence-electron chi connectivity index (χ1n) is 11.8. The van der Waals surface area contributed by atoms with E-state index in [9.17, 15) is 4.79 Å². The molecule has 0 bridgehead atoms. The van der Waals surface area contributed by atoms with E-state index in [4.69, 9.17) is 0 Å². The van der Waals surface area contributed by atoms with Gasteiger partial charge in [0, 0.05) is 40.3 Å². The van der Waals surface area contributed by atoms with E-state index in [2.05, 4.69) is 57.5 Å². The van der Waals surface area contributed by atoms with Crippen molar-refractivity contribution in [1.82, 2.24) is 24.7 Å². The highest BCUT2D eigenvalue weighted by atomic mass is 32.1. The molecule has 5 rings (SSSR count). The lowest BCUT2D eigenvalue weighted by molar-refractivity contribution is 0.102. The average molecular weight is 510 g/mol. The topological polar surface area (TPSA) is 97.6 Å². The van der Waals surface area contributed by atoms with Crippen LogP contribution < -0.4 is 10.6 Å². The smallest absolute Gasteiger partial charge is 0.255 e.